The third kappa shape index (κ3) is 1.49. The maximum atomic E-state index is 12.7. The van der Waals surface area contributed by atoms with Crippen molar-refractivity contribution in [2.45, 2.75) is 33.6 Å². The Morgan fingerprint density at radius 3 is 2.50 bits per heavy atom. The van der Waals surface area contributed by atoms with Crippen molar-refractivity contribution in [3.63, 3.8) is 0 Å². The van der Waals surface area contributed by atoms with Crippen molar-refractivity contribution in [1.29, 1.82) is 0 Å². The van der Waals surface area contributed by atoms with Crippen LogP contribution in [0.1, 0.15) is 32.8 Å². The quantitative estimate of drug-likeness (QED) is 0.789. The minimum absolute atomic E-state index is 0.0544. The average Bonchev–Trinajstić information content (AvgIpc) is 3.08. The van der Waals surface area contributed by atoms with Gasteiger partial charge in [0.1, 0.15) is 5.78 Å². The Bertz CT molecular complexity index is 462. The summed E-state index contributed by atoms with van der Waals surface area (Å²) in [5.41, 5.74) is 1.36. The van der Waals surface area contributed by atoms with Crippen molar-refractivity contribution in [1.82, 2.24) is 0 Å². The molecule has 0 heterocycles. The number of carbonyl (C=O) groups excluding carboxylic acids is 1. The molecular formula is C17H22O. The number of benzene rings is 1. The van der Waals surface area contributed by atoms with Gasteiger partial charge >= 0.3 is 0 Å². The second-order valence-corrected chi connectivity index (χ2v) is 6.53. The fourth-order valence-corrected chi connectivity index (χ4v) is 4.20. The predicted octanol–water partition coefficient (Wildman–Crippen LogP) is 3.73. The zero-order valence-electron chi connectivity index (χ0n) is 11.5. The lowest BCUT2D eigenvalue weighted by atomic mass is 9.82. The molecule has 0 spiro atoms. The topological polar surface area (TPSA) is 17.1 Å². The lowest BCUT2D eigenvalue weighted by Crippen LogP contribution is -2.27. The second-order valence-electron chi connectivity index (χ2n) is 6.53. The third-order valence-electron chi connectivity index (χ3n) is 5.45. The van der Waals surface area contributed by atoms with Gasteiger partial charge in [-0.1, -0.05) is 51.1 Å². The molecule has 1 aromatic carbocycles. The van der Waals surface area contributed by atoms with Crippen molar-refractivity contribution >= 4 is 5.78 Å². The van der Waals surface area contributed by atoms with Gasteiger partial charge in [-0.25, -0.2) is 0 Å². The van der Waals surface area contributed by atoms with E-state index in [0.29, 0.717) is 23.5 Å². The molecule has 0 radical (unpaired) electrons. The van der Waals surface area contributed by atoms with Crippen molar-refractivity contribution in [3.05, 3.63) is 35.9 Å². The number of carbonyl (C=O) groups is 1. The molecule has 4 unspecified atom stereocenters. The fourth-order valence-electron chi connectivity index (χ4n) is 4.20. The maximum absolute atomic E-state index is 12.7. The summed E-state index contributed by atoms with van der Waals surface area (Å²) in [5, 5.41) is 0. The highest BCUT2D eigenvalue weighted by Crippen LogP contribution is 2.69. The molecule has 18 heavy (non-hydrogen) atoms. The predicted molar refractivity (Wildman–Crippen MR) is 73.2 cm³/mol. The van der Waals surface area contributed by atoms with E-state index < -0.39 is 0 Å². The van der Waals surface area contributed by atoms with Crippen LogP contribution < -0.4 is 0 Å². The maximum Gasteiger partial charge on any atom is 0.143 e. The van der Waals surface area contributed by atoms with Crippen LogP contribution in [-0.4, -0.2) is 5.78 Å². The molecule has 0 saturated heterocycles. The molecule has 1 nitrogen and oxygen atoms in total. The number of ketones is 1. The molecule has 0 bridgehead atoms. The highest BCUT2D eigenvalue weighted by atomic mass is 16.1. The minimum atomic E-state index is 0.0544. The van der Waals surface area contributed by atoms with E-state index in [1.807, 2.05) is 6.07 Å². The Hall–Kier alpha value is -1.11. The first-order valence-corrected chi connectivity index (χ1v) is 7.15. The van der Waals surface area contributed by atoms with E-state index >= 15 is 0 Å². The summed E-state index contributed by atoms with van der Waals surface area (Å²) >= 11 is 0. The minimum Gasteiger partial charge on any atom is -0.299 e. The first kappa shape index (κ1) is 12.0. The Labute approximate surface area is 110 Å². The number of fused-ring (bicyclic) bond motifs is 1. The highest BCUT2D eigenvalue weighted by Gasteiger charge is 2.70. The van der Waals surface area contributed by atoms with Crippen molar-refractivity contribution in [3.8, 4) is 0 Å². The summed E-state index contributed by atoms with van der Waals surface area (Å²) in [5.74, 6) is 2.56. The van der Waals surface area contributed by atoms with Crippen LogP contribution in [0.4, 0.5) is 0 Å². The standard InChI is InChI=1S/C17H22O/c1-11(2)17-10-15(17)12(3)14(16(17)18)9-13-7-5-4-6-8-13/h4-8,11-12,14-15H,9-10H2,1-3H3. The molecular weight excluding hydrogens is 220 g/mol. The van der Waals surface area contributed by atoms with Crippen molar-refractivity contribution in [2.75, 3.05) is 0 Å². The van der Waals surface area contributed by atoms with Gasteiger partial charge in [-0.05, 0) is 36.2 Å². The highest BCUT2D eigenvalue weighted by molar-refractivity contribution is 5.93. The van der Waals surface area contributed by atoms with Crippen LogP contribution in [0.5, 0.6) is 0 Å². The fraction of sp³-hybridized carbons (Fsp3) is 0.588. The Morgan fingerprint density at radius 1 is 1.28 bits per heavy atom. The van der Waals surface area contributed by atoms with Crippen molar-refractivity contribution in [2.24, 2.45) is 29.1 Å². The lowest BCUT2D eigenvalue weighted by Gasteiger charge is -2.20. The summed E-state index contributed by atoms with van der Waals surface area (Å²) in [7, 11) is 0. The van der Waals surface area contributed by atoms with Crippen LogP contribution in [0.2, 0.25) is 0 Å². The number of Topliss-reactive ketones (excluding diaryl/α,β-unsaturated/α-hetero) is 1. The Balaban J connectivity index is 1.81. The van der Waals surface area contributed by atoms with Gasteiger partial charge in [-0.2, -0.15) is 0 Å². The first-order chi connectivity index (χ1) is 8.57. The van der Waals surface area contributed by atoms with E-state index in [9.17, 15) is 4.79 Å². The van der Waals surface area contributed by atoms with E-state index in [1.54, 1.807) is 0 Å². The Kier molecular flexibility index (Phi) is 2.62. The van der Waals surface area contributed by atoms with Crippen LogP contribution in [0.15, 0.2) is 30.3 Å². The average molecular weight is 242 g/mol. The molecule has 2 aliphatic carbocycles. The van der Waals surface area contributed by atoms with Gasteiger partial charge < -0.3 is 0 Å². The third-order valence-corrected chi connectivity index (χ3v) is 5.45. The largest absolute Gasteiger partial charge is 0.299 e. The molecule has 1 aromatic rings. The molecule has 96 valence electrons. The van der Waals surface area contributed by atoms with Gasteiger partial charge in [-0.15, -0.1) is 0 Å². The summed E-state index contributed by atoms with van der Waals surface area (Å²) in [6, 6.07) is 10.5. The van der Waals surface area contributed by atoms with Crippen LogP contribution in [0.25, 0.3) is 0 Å². The van der Waals surface area contributed by atoms with Crippen LogP contribution in [-0.2, 0) is 11.2 Å². The molecule has 0 aliphatic heterocycles. The molecule has 3 rings (SSSR count). The van der Waals surface area contributed by atoms with Gasteiger partial charge in [0.15, 0.2) is 0 Å². The van der Waals surface area contributed by atoms with Gasteiger partial charge in [0.2, 0.25) is 0 Å². The van der Waals surface area contributed by atoms with E-state index in [-0.39, 0.29) is 11.3 Å². The monoisotopic (exact) mass is 242 g/mol. The van der Waals surface area contributed by atoms with Crippen molar-refractivity contribution < 1.29 is 4.79 Å². The second kappa shape index (κ2) is 3.94. The number of hydrogen-bond donors (Lipinski definition) is 0. The number of rotatable bonds is 3. The van der Waals surface area contributed by atoms with Crippen LogP contribution in [0.3, 0.4) is 0 Å². The SMILES string of the molecule is CC1C(Cc2ccccc2)C(=O)C2(C(C)C)CC12. The van der Waals surface area contributed by atoms with Crippen LogP contribution >= 0.6 is 0 Å². The summed E-state index contributed by atoms with van der Waals surface area (Å²) < 4.78 is 0. The molecule has 1 heteroatoms. The van der Waals surface area contributed by atoms with E-state index in [0.717, 1.165) is 12.8 Å². The van der Waals surface area contributed by atoms with E-state index in [2.05, 4.69) is 45.0 Å². The van der Waals surface area contributed by atoms with E-state index in [1.165, 1.54) is 5.56 Å². The summed E-state index contributed by atoms with van der Waals surface area (Å²) in [4.78, 5) is 12.7. The zero-order valence-corrected chi connectivity index (χ0v) is 11.5. The van der Waals surface area contributed by atoms with E-state index in [4.69, 9.17) is 0 Å². The lowest BCUT2D eigenvalue weighted by molar-refractivity contribution is -0.128. The van der Waals surface area contributed by atoms with Crippen LogP contribution in [0, 0.1) is 29.1 Å². The molecule has 2 aliphatic rings. The summed E-state index contributed by atoms with van der Waals surface area (Å²) in [6.45, 7) is 6.72. The summed E-state index contributed by atoms with van der Waals surface area (Å²) in [6.07, 6.45) is 2.09. The molecule has 0 amide bonds. The molecule has 4 atom stereocenters. The van der Waals surface area contributed by atoms with Gasteiger partial charge in [-0.3, -0.25) is 4.79 Å². The Morgan fingerprint density at radius 2 is 1.94 bits per heavy atom. The molecule has 0 aromatic heterocycles. The number of hydrogen-bond acceptors (Lipinski definition) is 1. The zero-order chi connectivity index (χ0) is 12.9. The molecule has 2 saturated carbocycles. The smallest absolute Gasteiger partial charge is 0.143 e. The van der Waals surface area contributed by atoms with Gasteiger partial charge in [0, 0.05) is 11.3 Å². The first-order valence-electron chi connectivity index (χ1n) is 7.15. The van der Waals surface area contributed by atoms with Gasteiger partial charge in [0.05, 0.1) is 0 Å². The molecule has 0 N–H and O–H groups in total. The van der Waals surface area contributed by atoms with Gasteiger partial charge in [0.25, 0.3) is 0 Å². The normalized spacial score (nSPS) is 38.0. The molecule has 2 fully saturated rings.